The minimum atomic E-state index is -0.217. The first-order valence-corrected chi connectivity index (χ1v) is 6.51. The molecule has 0 radical (unpaired) electrons. The maximum Gasteiger partial charge on any atom is 0.310 e. The van der Waals surface area contributed by atoms with E-state index >= 15 is 0 Å². The van der Waals surface area contributed by atoms with E-state index in [0.717, 1.165) is 29.8 Å². The van der Waals surface area contributed by atoms with Crippen LogP contribution in [0.5, 0.6) is 0 Å². The zero-order chi connectivity index (χ0) is 13.5. The Labute approximate surface area is 108 Å². The van der Waals surface area contributed by atoms with Crippen molar-refractivity contribution in [1.29, 1.82) is 0 Å². The first-order valence-electron chi connectivity index (χ1n) is 6.51. The molecule has 18 heavy (non-hydrogen) atoms. The Morgan fingerprint density at radius 3 is 2.56 bits per heavy atom. The van der Waals surface area contributed by atoms with Gasteiger partial charge in [0.15, 0.2) is 0 Å². The number of aliphatic hydroxyl groups excluding tert-OH is 1. The van der Waals surface area contributed by atoms with Gasteiger partial charge in [0.05, 0.1) is 31.9 Å². The van der Waals surface area contributed by atoms with Gasteiger partial charge in [-0.05, 0) is 19.8 Å². The van der Waals surface area contributed by atoms with E-state index < -0.39 is 0 Å². The average Bonchev–Trinajstić information content (AvgIpc) is 2.67. The third-order valence-corrected chi connectivity index (χ3v) is 2.86. The summed E-state index contributed by atoms with van der Waals surface area (Å²) in [7, 11) is 0. The highest BCUT2D eigenvalue weighted by atomic mass is 16.5. The summed E-state index contributed by atoms with van der Waals surface area (Å²) in [5, 5.41) is 13.5. The number of nitrogens with zero attached hydrogens (tertiary/aromatic N) is 2. The van der Waals surface area contributed by atoms with Crippen molar-refractivity contribution in [3.05, 3.63) is 17.0 Å². The lowest BCUT2D eigenvalue weighted by atomic mass is 10.1. The Morgan fingerprint density at radius 2 is 2.06 bits per heavy atom. The number of aryl methyl sites for hydroxylation is 1. The van der Waals surface area contributed by atoms with Crippen molar-refractivity contribution >= 4 is 5.97 Å². The van der Waals surface area contributed by atoms with Gasteiger partial charge in [-0.2, -0.15) is 5.10 Å². The molecule has 5 heteroatoms. The van der Waals surface area contributed by atoms with Crippen LogP contribution in [0.15, 0.2) is 0 Å². The van der Waals surface area contributed by atoms with Crippen LogP contribution in [0.1, 0.15) is 37.7 Å². The van der Waals surface area contributed by atoms with Gasteiger partial charge in [0.1, 0.15) is 0 Å². The Balaban J connectivity index is 3.02. The fourth-order valence-corrected chi connectivity index (χ4v) is 2.11. The number of esters is 1. The van der Waals surface area contributed by atoms with E-state index in [2.05, 4.69) is 5.10 Å². The lowest BCUT2D eigenvalue weighted by Gasteiger charge is -2.06. The number of ether oxygens (including phenoxy) is 1. The van der Waals surface area contributed by atoms with Crippen LogP contribution in [0.4, 0.5) is 0 Å². The Kier molecular flexibility index (Phi) is 5.85. The van der Waals surface area contributed by atoms with Gasteiger partial charge in [-0.1, -0.05) is 13.8 Å². The normalized spacial score (nSPS) is 10.7. The van der Waals surface area contributed by atoms with Crippen LogP contribution in [0.2, 0.25) is 0 Å². The van der Waals surface area contributed by atoms with Crippen LogP contribution in [0.25, 0.3) is 0 Å². The van der Waals surface area contributed by atoms with Gasteiger partial charge >= 0.3 is 5.97 Å². The number of hydrogen-bond donors (Lipinski definition) is 1. The minimum Gasteiger partial charge on any atom is -0.466 e. The van der Waals surface area contributed by atoms with Crippen molar-refractivity contribution in [3.8, 4) is 0 Å². The topological polar surface area (TPSA) is 64.3 Å². The first-order chi connectivity index (χ1) is 8.67. The molecule has 0 aliphatic rings. The molecule has 0 fully saturated rings. The Hall–Kier alpha value is -1.36. The van der Waals surface area contributed by atoms with E-state index in [9.17, 15) is 4.79 Å². The molecule has 1 N–H and O–H groups in total. The number of rotatable bonds is 7. The smallest absolute Gasteiger partial charge is 0.310 e. The Bertz CT molecular complexity index is 399. The molecular formula is C13H22N2O3. The largest absolute Gasteiger partial charge is 0.466 e. The van der Waals surface area contributed by atoms with Crippen LogP contribution in [0.3, 0.4) is 0 Å². The molecule has 0 amide bonds. The second-order valence-electron chi connectivity index (χ2n) is 4.01. The SMILES string of the molecule is CCOC(=O)Cc1c(CC)nn(CCO)c1CC. The van der Waals surface area contributed by atoms with Gasteiger partial charge in [0.2, 0.25) is 0 Å². The molecule has 0 aliphatic carbocycles. The molecule has 0 aromatic carbocycles. The van der Waals surface area contributed by atoms with Crippen LogP contribution in [-0.2, 0) is 35.3 Å². The monoisotopic (exact) mass is 254 g/mol. The molecule has 1 aromatic heterocycles. The maximum atomic E-state index is 11.6. The molecule has 0 saturated carbocycles. The summed E-state index contributed by atoms with van der Waals surface area (Å²) in [6.07, 6.45) is 1.84. The van der Waals surface area contributed by atoms with Gasteiger partial charge in [0, 0.05) is 11.3 Å². The molecule has 0 atom stereocenters. The van der Waals surface area contributed by atoms with Crippen molar-refractivity contribution in [2.24, 2.45) is 0 Å². The van der Waals surface area contributed by atoms with Crippen LogP contribution < -0.4 is 0 Å². The highest BCUT2D eigenvalue weighted by Crippen LogP contribution is 2.17. The van der Waals surface area contributed by atoms with Gasteiger partial charge in [-0.15, -0.1) is 0 Å². The van der Waals surface area contributed by atoms with E-state index in [4.69, 9.17) is 9.84 Å². The lowest BCUT2D eigenvalue weighted by Crippen LogP contribution is -2.11. The van der Waals surface area contributed by atoms with Crippen LogP contribution in [-0.4, -0.2) is 34.1 Å². The molecule has 1 aromatic rings. The summed E-state index contributed by atoms with van der Waals surface area (Å²) in [6, 6.07) is 0. The van der Waals surface area contributed by atoms with Gasteiger partial charge in [-0.25, -0.2) is 0 Å². The number of aromatic nitrogens is 2. The molecule has 0 unspecified atom stereocenters. The third-order valence-electron chi connectivity index (χ3n) is 2.86. The maximum absolute atomic E-state index is 11.6. The number of carbonyl (C=O) groups is 1. The molecule has 5 nitrogen and oxygen atoms in total. The van der Waals surface area contributed by atoms with Crippen molar-refractivity contribution in [2.75, 3.05) is 13.2 Å². The van der Waals surface area contributed by atoms with Crippen molar-refractivity contribution < 1.29 is 14.6 Å². The van der Waals surface area contributed by atoms with Crippen molar-refractivity contribution in [3.63, 3.8) is 0 Å². The molecule has 102 valence electrons. The zero-order valence-corrected chi connectivity index (χ0v) is 11.4. The second-order valence-corrected chi connectivity index (χ2v) is 4.01. The summed E-state index contributed by atoms with van der Waals surface area (Å²) in [5.41, 5.74) is 2.91. The van der Waals surface area contributed by atoms with Gasteiger partial charge in [0.25, 0.3) is 0 Å². The molecule has 1 rings (SSSR count). The van der Waals surface area contributed by atoms with Crippen LogP contribution in [0, 0.1) is 0 Å². The number of aliphatic hydroxyl groups is 1. The molecule has 1 heterocycles. The number of hydrogen-bond acceptors (Lipinski definition) is 4. The summed E-state index contributed by atoms with van der Waals surface area (Å²) >= 11 is 0. The summed E-state index contributed by atoms with van der Waals surface area (Å²) < 4.78 is 6.79. The predicted molar refractivity (Wildman–Crippen MR) is 68.4 cm³/mol. The summed E-state index contributed by atoms with van der Waals surface area (Å²) in [6.45, 7) is 6.76. The van der Waals surface area contributed by atoms with Gasteiger partial charge in [-0.3, -0.25) is 9.48 Å². The summed E-state index contributed by atoms with van der Waals surface area (Å²) in [4.78, 5) is 11.6. The van der Waals surface area contributed by atoms with E-state index in [0.29, 0.717) is 13.2 Å². The molecule has 0 aliphatic heterocycles. The predicted octanol–water partition coefficient (Wildman–Crippen LogP) is 1.11. The van der Waals surface area contributed by atoms with Crippen molar-refractivity contribution in [1.82, 2.24) is 9.78 Å². The molecule has 0 spiro atoms. The second kappa shape index (κ2) is 7.16. The van der Waals surface area contributed by atoms with Crippen LogP contribution >= 0.6 is 0 Å². The van der Waals surface area contributed by atoms with E-state index in [-0.39, 0.29) is 19.0 Å². The summed E-state index contributed by atoms with van der Waals surface area (Å²) in [5.74, 6) is -0.217. The highest BCUT2D eigenvalue weighted by molar-refractivity contribution is 5.73. The standard InChI is InChI=1S/C13H22N2O3/c1-4-11-10(9-13(17)18-6-3)12(5-2)15(14-11)7-8-16/h16H,4-9H2,1-3H3. The average molecular weight is 254 g/mol. The highest BCUT2D eigenvalue weighted by Gasteiger charge is 2.18. The minimum absolute atomic E-state index is 0.0523. The number of carbonyl (C=O) groups excluding carboxylic acids is 1. The molecule has 0 saturated heterocycles. The lowest BCUT2D eigenvalue weighted by molar-refractivity contribution is -0.142. The first kappa shape index (κ1) is 14.7. The quantitative estimate of drug-likeness (QED) is 0.740. The van der Waals surface area contributed by atoms with E-state index in [1.165, 1.54) is 0 Å². The van der Waals surface area contributed by atoms with E-state index in [1.54, 1.807) is 11.6 Å². The zero-order valence-electron chi connectivity index (χ0n) is 11.4. The van der Waals surface area contributed by atoms with Crippen molar-refractivity contribution in [2.45, 2.75) is 46.6 Å². The molecule has 0 bridgehead atoms. The molecular weight excluding hydrogens is 232 g/mol. The fraction of sp³-hybridized carbons (Fsp3) is 0.692. The third kappa shape index (κ3) is 3.32. The fourth-order valence-electron chi connectivity index (χ4n) is 2.11. The van der Waals surface area contributed by atoms with E-state index in [1.807, 2.05) is 13.8 Å². The van der Waals surface area contributed by atoms with Gasteiger partial charge < -0.3 is 9.84 Å². The Morgan fingerprint density at radius 1 is 1.33 bits per heavy atom.